The number of carboxylic acid groups (broad SMARTS) is 1. The van der Waals surface area contributed by atoms with E-state index in [9.17, 15) is 13.2 Å². The Hall–Kier alpha value is -1.64. The Balaban J connectivity index is 2.23. The molecule has 0 saturated heterocycles. The summed E-state index contributed by atoms with van der Waals surface area (Å²) in [4.78, 5) is 10.6. The topological polar surface area (TPSA) is 130 Å². The maximum absolute atomic E-state index is 12.0. The summed E-state index contributed by atoms with van der Waals surface area (Å²) in [7, 11) is -3.80. The SMILES string of the molecule is Nc1cc(C(=O)O)ccc1S(=O)(=O)NC1CC(O)C1. The molecule has 1 aromatic rings. The van der Waals surface area contributed by atoms with Gasteiger partial charge in [-0.15, -0.1) is 0 Å². The number of anilines is 1. The minimum atomic E-state index is -3.80. The molecule has 1 aliphatic carbocycles. The van der Waals surface area contributed by atoms with Crippen LogP contribution in [0.15, 0.2) is 23.1 Å². The fraction of sp³-hybridized carbons (Fsp3) is 0.364. The molecule has 19 heavy (non-hydrogen) atoms. The van der Waals surface area contributed by atoms with Crippen LogP contribution in [0.25, 0.3) is 0 Å². The molecule has 0 heterocycles. The van der Waals surface area contributed by atoms with Crippen molar-refractivity contribution in [3.63, 3.8) is 0 Å². The van der Waals surface area contributed by atoms with Gasteiger partial charge in [-0.05, 0) is 31.0 Å². The van der Waals surface area contributed by atoms with Gasteiger partial charge < -0.3 is 15.9 Å². The van der Waals surface area contributed by atoms with Gasteiger partial charge in [-0.1, -0.05) is 0 Å². The van der Waals surface area contributed by atoms with E-state index in [1.165, 1.54) is 6.07 Å². The second-order valence-corrected chi connectivity index (χ2v) is 6.18. The van der Waals surface area contributed by atoms with Gasteiger partial charge in [0, 0.05) is 6.04 Å². The number of carbonyl (C=O) groups is 1. The van der Waals surface area contributed by atoms with E-state index in [1.807, 2.05) is 0 Å². The van der Waals surface area contributed by atoms with Crippen LogP contribution >= 0.6 is 0 Å². The van der Waals surface area contributed by atoms with Crippen molar-refractivity contribution in [1.82, 2.24) is 4.72 Å². The molecular weight excluding hydrogens is 272 g/mol. The second kappa shape index (κ2) is 4.80. The standard InChI is InChI=1S/C11H14N2O5S/c12-9-3-6(11(15)16)1-2-10(9)19(17,18)13-7-4-8(14)5-7/h1-3,7-8,13-14H,4-5,12H2,(H,15,16). The van der Waals surface area contributed by atoms with Gasteiger partial charge in [0.15, 0.2) is 0 Å². The van der Waals surface area contributed by atoms with Crippen molar-refractivity contribution in [3.8, 4) is 0 Å². The highest BCUT2D eigenvalue weighted by Crippen LogP contribution is 2.24. The van der Waals surface area contributed by atoms with Gasteiger partial charge in [0.1, 0.15) is 4.90 Å². The van der Waals surface area contributed by atoms with Crippen molar-refractivity contribution in [1.29, 1.82) is 0 Å². The molecule has 1 aliphatic rings. The molecule has 0 radical (unpaired) electrons. The number of hydrogen-bond donors (Lipinski definition) is 4. The summed E-state index contributed by atoms with van der Waals surface area (Å²) in [5.74, 6) is -1.18. The van der Waals surface area contributed by atoms with Gasteiger partial charge in [0.05, 0.1) is 17.4 Å². The van der Waals surface area contributed by atoms with Crippen LogP contribution in [0.3, 0.4) is 0 Å². The molecular formula is C11H14N2O5S. The zero-order valence-electron chi connectivity index (χ0n) is 9.91. The van der Waals surface area contributed by atoms with E-state index < -0.39 is 22.1 Å². The first-order valence-electron chi connectivity index (χ1n) is 5.63. The Kier molecular flexibility index (Phi) is 3.48. The van der Waals surface area contributed by atoms with Crippen molar-refractivity contribution >= 4 is 21.7 Å². The fourth-order valence-electron chi connectivity index (χ4n) is 1.89. The molecule has 1 aromatic carbocycles. The molecule has 0 aromatic heterocycles. The molecule has 0 amide bonds. The summed E-state index contributed by atoms with van der Waals surface area (Å²) in [5.41, 5.74) is 5.38. The van der Waals surface area contributed by atoms with Gasteiger partial charge in [-0.3, -0.25) is 0 Å². The normalized spacial score (nSPS) is 22.8. The molecule has 8 heteroatoms. The number of nitrogens with one attached hydrogen (secondary N) is 1. The number of benzene rings is 1. The smallest absolute Gasteiger partial charge is 0.335 e. The van der Waals surface area contributed by atoms with E-state index in [2.05, 4.69) is 4.72 Å². The maximum atomic E-state index is 12.0. The molecule has 104 valence electrons. The largest absolute Gasteiger partial charge is 0.478 e. The van der Waals surface area contributed by atoms with Crippen molar-refractivity contribution < 1.29 is 23.4 Å². The predicted molar refractivity (Wildman–Crippen MR) is 67.2 cm³/mol. The number of aliphatic hydroxyl groups is 1. The molecule has 0 unspecified atom stereocenters. The summed E-state index contributed by atoms with van der Waals surface area (Å²) in [6, 6.07) is 3.14. The van der Waals surface area contributed by atoms with E-state index in [0.29, 0.717) is 12.8 Å². The van der Waals surface area contributed by atoms with Crippen LogP contribution in [0.1, 0.15) is 23.2 Å². The maximum Gasteiger partial charge on any atom is 0.335 e. The lowest BCUT2D eigenvalue weighted by molar-refractivity contribution is 0.0693. The first kappa shape index (κ1) is 13.8. The Morgan fingerprint density at radius 3 is 2.47 bits per heavy atom. The Morgan fingerprint density at radius 1 is 1.37 bits per heavy atom. The van der Waals surface area contributed by atoms with E-state index in [4.69, 9.17) is 15.9 Å². The number of sulfonamides is 1. The zero-order valence-corrected chi connectivity index (χ0v) is 10.7. The van der Waals surface area contributed by atoms with Gasteiger partial charge in [-0.2, -0.15) is 0 Å². The number of hydrogen-bond acceptors (Lipinski definition) is 5. The Morgan fingerprint density at radius 2 is 2.00 bits per heavy atom. The fourth-order valence-corrected chi connectivity index (χ4v) is 3.27. The zero-order chi connectivity index (χ0) is 14.2. The molecule has 0 spiro atoms. The van der Waals surface area contributed by atoms with Crippen LogP contribution in [0.5, 0.6) is 0 Å². The number of aromatic carboxylic acids is 1. The third kappa shape index (κ3) is 2.86. The van der Waals surface area contributed by atoms with E-state index >= 15 is 0 Å². The summed E-state index contributed by atoms with van der Waals surface area (Å²) < 4.78 is 26.5. The first-order valence-corrected chi connectivity index (χ1v) is 7.11. The van der Waals surface area contributed by atoms with Crippen LogP contribution in [0, 0.1) is 0 Å². The minimum Gasteiger partial charge on any atom is -0.478 e. The molecule has 2 rings (SSSR count). The summed E-state index contributed by atoms with van der Waals surface area (Å²) in [6.45, 7) is 0. The van der Waals surface area contributed by atoms with Crippen LogP contribution in [-0.4, -0.2) is 36.7 Å². The van der Waals surface area contributed by atoms with Crippen molar-refractivity contribution in [3.05, 3.63) is 23.8 Å². The van der Waals surface area contributed by atoms with Crippen molar-refractivity contribution in [2.45, 2.75) is 29.9 Å². The molecule has 1 fully saturated rings. The highest BCUT2D eigenvalue weighted by atomic mass is 32.2. The van der Waals surface area contributed by atoms with Crippen LogP contribution in [-0.2, 0) is 10.0 Å². The number of rotatable bonds is 4. The summed E-state index contributed by atoms with van der Waals surface area (Å²) in [5, 5.41) is 17.9. The van der Waals surface area contributed by atoms with Gasteiger partial charge >= 0.3 is 5.97 Å². The first-order chi connectivity index (χ1) is 8.79. The van der Waals surface area contributed by atoms with Crippen LogP contribution in [0.4, 0.5) is 5.69 Å². The summed E-state index contributed by atoms with van der Waals surface area (Å²) >= 11 is 0. The molecule has 7 nitrogen and oxygen atoms in total. The van der Waals surface area contributed by atoms with Gasteiger partial charge in [0.2, 0.25) is 10.0 Å². The number of carboxylic acids is 1. The van der Waals surface area contributed by atoms with Crippen LogP contribution < -0.4 is 10.5 Å². The monoisotopic (exact) mass is 286 g/mol. The molecule has 0 atom stereocenters. The molecule has 0 bridgehead atoms. The Bertz CT molecular complexity index is 608. The lowest BCUT2D eigenvalue weighted by Gasteiger charge is -2.31. The van der Waals surface area contributed by atoms with Crippen LogP contribution in [0.2, 0.25) is 0 Å². The highest BCUT2D eigenvalue weighted by Gasteiger charge is 2.32. The average Bonchev–Trinajstić information content (AvgIpc) is 2.26. The quantitative estimate of drug-likeness (QED) is 0.566. The van der Waals surface area contributed by atoms with Gasteiger partial charge in [0.25, 0.3) is 0 Å². The predicted octanol–water partition coefficient (Wildman–Crippen LogP) is -0.231. The lowest BCUT2D eigenvalue weighted by Crippen LogP contribution is -2.46. The minimum absolute atomic E-state index is 0.0736. The van der Waals surface area contributed by atoms with E-state index in [-0.39, 0.29) is 22.2 Å². The average molecular weight is 286 g/mol. The molecule has 0 aliphatic heterocycles. The third-order valence-corrected chi connectivity index (χ3v) is 4.58. The number of nitrogen functional groups attached to an aromatic ring is 1. The number of nitrogens with two attached hydrogens (primary N) is 1. The highest BCUT2D eigenvalue weighted by molar-refractivity contribution is 7.89. The van der Waals surface area contributed by atoms with Crippen molar-refractivity contribution in [2.24, 2.45) is 0 Å². The van der Waals surface area contributed by atoms with E-state index in [0.717, 1.165) is 12.1 Å². The Labute approximate surface area is 110 Å². The molecule has 1 saturated carbocycles. The van der Waals surface area contributed by atoms with Crippen molar-refractivity contribution in [2.75, 3.05) is 5.73 Å². The molecule has 5 N–H and O–H groups in total. The number of aliphatic hydroxyl groups excluding tert-OH is 1. The summed E-state index contributed by atoms with van der Waals surface area (Å²) in [6.07, 6.45) is 0.262. The second-order valence-electron chi connectivity index (χ2n) is 4.50. The lowest BCUT2D eigenvalue weighted by atomic mass is 9.91. The van der Waals surface area contributed by atoms with E-state index in [1.54, 1.807) is 0 Å². The third-order valence-electron chi connectivity index (χ3n) is 2.98. The van der Waals surface area contributed by atoms with Gasteiger partial charge in [-0.25, -0.2) is 17.9 Å².